The molecule has 2 fully saturated rings. The van der Waals surface area contributed by atoms with Crippen LogP contribution in [-0.2, 0) is 15.1 Å². The zero-order valence-corrected chi connectivity index (χ0v) is 17.8. The maximum absolute atomic E-state index is 13.0. The summed E-state index contributed by atoms with van der Waals surface area (Å²) in [5.74, 6) is 0.458. The van der Waals surface area contributed by atoms with Crippen molar-refractivity contribution in [2.45, 2.75) is 31.7 Å². The second-order valence-electron chi connectivity index (χ2n) is 8.20. The number of halogens is 1. The van der Waals surface area contributed by atoms with Gasteiger partial charge in [-0.3, -0.25) is 15.1 Å². The van der Waals surface area contributed by atoms with Crippen LogP contribution in [0, 0.1) is 11.3 Å². The van der Waals surface area contributed by atoms with Gasteiger partial charge in [0.2, 0.25) is 5.91 Å². The normalized spacial score (nSPS) is 22.7. The van der Waals surface area contributed by atoms with Crippen molar-refractivity contribution in [3.8, 4) is 0 Å². The summed E-state index contributed by atoms with van der Waals surface area (Å²) >= 11 is 6.76. The van der Waals surface area contributed by atoms with Crippen LogP contribution in [0.25, 0.3) is 0 Å². The summed E-state index contributed by atoms with van der Waals surface area (Å²) in [7, 11) is 0. The van der Waals surface area contributed by atoms with Gasteiger partial charge in [-0.25, -0.2) is 0 Å². The Bertz CT molecular complexity index is 910. The van der Waals surface area contributed by atoms with E-state index in [1.54, 1.807) is 4.90 Å². The summed E-state index contributed by atoms with van der Waals surface area (Å²) in [6.07, 6.45) is 2.09. The Morgan fingerprint density at radius 3 is 2.63 bits per heavy atom. The van der Waals surface area contributed by atoms with Gasteiger partial charge >= 0.3 is 0 Å². The Kier molecular flexibility index (Phi) is 5.97. The first-order valence-corrected chi connectivity index (χ1v) is 10.7. The number of anilines is 2. The molecule has 0 spiro atoms. The number of carbonyl (C=O) groups excluding carboxylic acids is 1. The third kappa shape index (κ3) is 4.30. The van der Waals surface area contributed by atoms with Crippen molar-refractivity contribution in [2.75, 3.05) is 25.1 Å². The van der Waals surface area contributed by atoms with Crippen molar-refractivity contribution in [3.63, 3.8) is 0 Å². The third-order valence-electron chi connectivity index (χ3n) is 5.90. The number of nitrogens with one attached hydrogen (secondary N) is 3. The van der Waals surface area contributed by atoms with Gasteiger partial charge in [-0.05, 0) is 49.4 Å². The van der Waals surface area contributed by atoms with Crippen LogP contribution in [0.5, 0.6) is 0 Å². The van der Waals surface area contributed by atoms with Crippen LogP contribution in [-0.4, -0.2) is 36.5 Å². The molecule has 2 heterocycles. The van der Waals surface area contributed by atoms with E-state index in [2.05, 4.69) is 10.6 Å². The molecule has 30 heavy (non-hydrogen) atoms. The van der Waals surface area contributed by atoms with Gasteiger partial charge in [-0.15, -0.1) is 0 Å². The number of ether oxygens (including phenoxy) is 1. The number of para-hydroxylation sites is 1. The number of nitrogens with zero attached hydrogens (tertiary/aromatic N) is 1. The largest absolute Gasteiger partial charge is 0.381 e. The lowest BCUT2D eigenvalue weighted by atomic mass is 9.85. The van der Waals surface area contributed by atoms with Crippen molar-refractivity contribution < 1.29 is 9.53 Å². The molecule has 158 valence electrons. The van der Waals surface area contributed by atoms with Crippen molar-refractivity contribution in [2.24, 2.45) is 5.92 Å². The molecule has 0 bridgehead atoms. The molecule has 2 aromatic rings. The molecule has 0 aliphatic carbocycles. The second-order valence-corrected chi connectivity index (χ2v) is 8.58. The molecule has 3 N–H and O–H groups in total. The van der Waals surface area contributed by atoms with E-state index in [1.807, 2.05) is 55.5 Å². The molecule has 2 aromatic carbocycles. The van der Waals surface area contributed by atoms with Gasteiger partial charge in [0, 0.05) is 25.4 Å². The lowest BCUT2D eigenvalue weighted by Gasteiger charge is -2.42. The second kappa shape index (κ2) is 8.66. The van der Waals surface area contributed by atoms with E-state index >= 15 is 0 Å². The Hall–Kier alpha value is -2.57. The Morgan fingerprint density at radius 1 is 1.20 bits per heavy atom. The highest BCUT2D eigenvalue weighted by Crippen LogP contribution is 2.38. The van der Waals surface area contributed by atoms with Crippen LogP contribution < -0.4 is 10.6 Å². The fraction of sp³-hybridized carbons (Fsp3) is 0.391. The van der Waals surface area contributed by atoms with Crippen molar-refractivity contribution >= 4 is 34.8 Å². The zero-order chi connectivity index (χ0) is 21.1. The molecule has 1 amide bonds. The van der Waals surface area contributed by atoms with E-state index in [9.17, 15) is 4.79 Å². The molecule has 0 aromatic heterocycles. The maximum Gasteiger partial charge on any atom is 0.231 e. The van der Waals surface area contributed by atoms with Gasteiger partial charge in [-0.2, -0.15) is 0 Å². The number of carbonyl (C=O) groups is 1. The van der Waals surface area contributed by atoms with E-state index in [0.717, 1.165) is 43.0 Å². The SMILES string of the molecule is C[C@@]1(c2cccc(Nc3ccccc3)c2Cl)CC(=O)N(CC2CCOCC2)C(=N)N1. The zero-order valence-electron chi connectivity index (χ0n) is 17.1. The molecule has 2 aliphatic rings. The monoisotopic (exact) mass is 426 g/mol. The Labute approximate surface area is 182 Å². The molecular weight excluding hydrogens is 400 g/mol. The van der Waals surface area contributed by atoms with Crippen LogP contribution in [0.2, 0.25) is 5.02 Å². The molecule has 4 rings (SSSR count). The average Bonchev–Trinajstić information content (AvgIpc) is 2.74. The highest BCUT2D eigenvalue weighted by Gasteiger charge is 2.41. The van der Waals surface area contributed by atoms with Crippen LogP contribution in [0.1, 0.15) is 31.7 Å². The van der Waals surface area contributed by atoms with Crippen molar-refractivity contribution in [1.29, 1.82) is 5.41 Å². The number of hydrogen-bond donors (Lipinski definition) is 3. The summed E-state index contributed by atoms with van der Waals surface area (Å²) in [6.45, 7) is 3.94. The van der Waals surface area contributed by atoms with E-state index in [4.69, 9.17) is 21.7 Å². The minimum atomic E-state index is -0.744. The lowest BCUT2D eigenvalue weighted by Crippen LogP contribution is -2.60. The van der Waals surface area contributed by atoms with E-state index in [0.29, 0.717) is 17.5 Å². The summed E-state index contributed by atoms with van der Waals surface area (Å²) in [4.78, 5) is 14.6. The van der Waals surface area contributed by atoms with Gasteiger partial charge in [0.1, 0.15) is 0 Å². The van der Waals surface area contributed by atoms with Crippen molar-refractivity contribution in [3.05, 3.63) is 59.1 Å². The maximum atomic E-state index is 13.0. The molecular formula is C23H27ClN4O2. The molecule has 2 saturated heterocycles. The topological polar surface area (TPSA) is 77.5 Å². The standard InChI is InChI=1S/C23H27ClN4O2/c1-23(14-20(29)28(22(25)27-23)15-16-10-12-30-13-11-16)18-8-5-9-19(21(18)24)26-17-6-3-2-4-7-17/h2-9,16,26H,10-15H2,1H3,(H2,25,27)/t23-/m0/s1. The summed E-state index contributed by atoms with van der Waals surface area (Å²) < 4.78 is 5.41. The summed E-state index contributed by atoms with van der Waals surface area (Å²) in [5, 5.41) is 15.6. The minimum absolute atomic E-state index is 0.0507. The molecule has 7 heteroatoms. The predicted octanol–water partition coefficient (Wildman–Crippen LogP) is 4.48. The average molecular weight is 427 g/mol. The van der Waals surface area contributed by atoms with Crippen LogP contribution in [0.15, 0.2) is 48.5 Å². The molecule has 0 radical (unpaired) electrons. The van der Waals surface area contributed by atoms with E-state index in [1.165, 1.54) is 0 Å². The number of hydrogen-bond acceptors (Lipinski definition) is 4. The van der Waals surface area contributed by atoms with Gasteiger partial charge in [0.05, 0.1) is 22.7 Å². The lowest BCUT2D eigenvalue weighted by molar-refractivity contribution is -0.131. The minimum Gasteiger partial charge on any atom is -0.381 e. The predicted molar refractivity (Wildman–Crippen MR) is 119 cm³/mol. The van der Waals surface area contributed by atoms with Crippen LogP contribution in [0.3, 0.4) is 0 Å². The number of amides is 1. The molecule has 6 nitrogen and oxygen atoms in total. The van der Waals surface area contributed by atoms with E-state index < -0.39 is 5.54 Å². The van der Waals surface area contributed by atoms with Crippen LogP contribution >= 0.6 is 11.6 Å². The summed E-state index contributed by atoms with van der Waals surface area (Å²) in [5.41, 5.74) is 1.76. The first-order chi connectivity index (χ1) is 14.5. The quantitative estimate of drug-likeness (QED) is 0.658. The van der Waals surface area contributed by atoms with E-state index in [-0.39, 0.29) is 18.3 Å². The van der Waals surface area contributed by atoms with Gasteiger partial charge < -0.3 is 15.4 Å². The van der Waals surface area contributed by atoms with Crippen LogP contribution in [0.4, 0.5) is 11.4 Å². The third-order valence-corrected chi connectivity index (χ3v) is 6.30. The van der Waals surface area contributed by atoms with Gasteiger partial charge in [0.15, 0.2) is 5.96 Å². The number of benzene rings is 2. The smallest absolute Gasteiger partial charge is 0.231 e. The first-order valence-electron chi connectivity index (χ1n) is 10.3. The van der Waals surface area contributed by atoms with Gasteiger partial charge in [0.25, 0.3) is 0 Å². The molecule has 1 atom stereocenters. The van der Waals surface area contributed by atoms with Gasteiger partial charge in [-0.1, -0.05) is 41.9 Å². The fourth-order valence-corrected chi connectivity index (χ4v) is 4.55. The highest BCUT2D eigenvalue weighted by atomic mass is 35.5. The first kappa shape index (κ1) is 20.7. The molecule has 0 saturated carbocycles. The van der Waals surface area contributed by atoms with Crippen molar-refractivity contribution in [1.82, 2.24) is 10.2 Å². The highest BCUT2D eigenvalue weighted by molar-refractivity contribution is 6.34. The number of rotatable bonds is 5. The number of guanidine groups is 1. The summed E-state index contributed by atoms with van der Waals surface area (Å²) in [6, 6.07) is 15.6. The molecule has 2 aliphatic heterocycles. The molecule has 0 unspecified atom stereocenters. The fourth-order valence-electron chi connectivity index (χ4n) is 4.17. The Morgan fingerprint density at radius 2 is 1.93 bits per heavy atom. The Balaban J connectivity index is 1.53.